The van der Waals surface area contributed by atoms with Crippen molar-refractivity contribution in [2.75, 3.05) is 5.88 Å². The number of aryl methyl sites for hydroxylation is 2. The van der Waals surface area contributed by atoms with Crippen LogP contribution in [0, 0.1) is 13.8 Å². The molecule has 0 heterocycles. The van der Waals surface area contributed by atoms with Crippen molar-refractivity contribution >= 4 is 17.4 Å². The van der Waals surface area contributed by atoms with Gasteiger partial charge in [-0.1, -0.05) is 18.2 Å². The molecule has 88 valence electrons. The monoisotopic (exact) mass is 240 g/mol. The lowest BCUT2D eigenvalue weighted by Gasteiger charge is -2.17. The Morgan fingerprint density at radius 1 is 1.38 bits per heavy atom. The largest absolute Gasteiger partial charge is 0.490 e. The van der Waals surface area contributed by atoms with Crippen LogP contribution in [-0.4, -0.2) is 17.8 Å². The Labute approximate surface area is 102 Å². The number of hydrogen-bond acceptors (Lipinski definition) is 2. The molecule has 1 rings (SSSR count). The lowest BCUT2D eigenvalue weighted by Crippen LogP contribution is -2.18. The number of Topliss-reactive ketones (excluding diaryl/α,β-unsaturated/α-hetero) is 1. The molecule has 0 aliphatic heterocycles. The summed E-state index contributed by atoms with van der Waals surface area (Å²) in [5.74, 6) is 0.943. The second kappa shape index (κ2) is 5.90. The average molecular weight is 241 g/mol. The Kier molecular flexibility index (Phi) is 4.81. The molecule has 3 heteroatoms. The first-order chi connectivity index (χ1) is 7.54. The van der Waals surface area contributed by atoms with Crippen molar-refractivity contribution in [3.8, 4) is 5.75 Å². The minimum absolute atomic E-state index is 0.0143. The molecule has 0 radical (unpaired) electrons. The van der Waals surface area contributed by atoms with Crippen molar-refractivity contribution in [3.63, 3.8) is 0 Å². The normalized spacial score (nSPS) is 12.2. The zero-order valence-electron chi connectivity index (χ0n) is 9.92. The van der Waals surface area contributed by atoms with E-state index in [-0.39, 0.29) is 17.8 Å². The van der Waals surface area contributed by atoms with Crippen LogP contribution >= 0.6 is 11.6 Å². The van der Waals surface area contributed by atoms with Crippen LogP contribution in [0.25, 0.3) is 0 Å². The van der Waals surface area contributed by atoms with E-state index in [1.54, 1.807) is 0 Å². The summed E-state index contributed by atoms with van der Waals surface area (Å²) in [5.41, 5.74) is 2.18. The van der Waals surface area contributed by atoms with Crippen LogP contribution < -0.4 is 4.74 Å². The smallest absolute Gasteiger partial charge is 0.151 e. The first-order valence-corrected chi connectivity index (χ1v) is 5.88. The van der Waals surface area contributed by atoms with Gasteiger partial charge in [0.15, 0.2) is 5.78 Å². The van der Waals surface area contributed by atoms with Gasteiger partial charge < -0.3 is 4.74 Å². The van der Waals surface area contributed by atoms with E-state index in [0.717, 1.165) is 16.9 Å². The Balaban J connectivity index is 2.69. The van der Waals surface area contributed by atoms with Gasteiger partial charge >= 0.3 is 0 Å². The molecule has 0 amide bonds. The Hall–Kier alpha value is -1.02. The highest BCUT2D eigenvalue weighted by Gasteiger charge is 2.12. The molecule has 1 aromatic carbocycles. The van der Waals surface area contributed by atoms with Crippen LogP contribution in [0.4, 0.5) is 0 Å². The summed E-state index contributed by atoms with van der Waals surface area (Å²) in [6, 6.07) is 5.99. The number of para-hydroxylation sites is 1. The van der Waals surface area contributed by atoms with Gasteiger partial charge in [0.2, 0.25) is 0 Å². The maximum Gasteiger partial charge on any atom is 0.151 e. The van der Waals surface area contributed by atoms with Crippen LogP contribution in [0.3, 0.4) is 0 Å². The van der Waals surface area contributed by atoms with Crippen LogP contribution in [0.1, 0.15) is 24.5 Å². The SMILES string of the molecule is Cc1cccc(C)c1OC(C)CC(=O)CCl. The number of rotatable bonds is 5. The van der Waals surface area contributed by atoms with E-state index < -0.39 is 0 Å². The molecule has 0 fully saturated rings. The second-order valence-corrected chi connectivity index (χ2v) is 4.29. The number of halogens is 1. The van der Waals surface area contributed by atoms with E-state index in [0.29, 0.717) is 6.42 Å². The minimum Gasteiger partial charge on any atom is -0.490 e. The fourth-order valence-electron chi connectivity index (χ4n) is 1.60. The molecule has 0 aliphatic rings. The molecule has 0 aromatic heterocycles. The van der Waals surface area contributed by atoms with Crippen LogP contribution in [0.5, 0.6) is 5.75 Å². The number of hydrogen-bond donors (Lipinski definition) is 0. The maximum atomic E-state index is 11.2. The molecule has 1 unspecified atom stereocenters. The summed E-state index contributed by atoms with van der Waals surface area (Å²) >= 11 is 5.46. The minimum atomic E-state index is -0.133. The molecule has 0 saturated heterocycles. The van der Waals surface area contributed by atoms with Crippen molar-refractivity contribution in [1.82, 2.24) is 0 Å². The first-order valence-electron chi connectivity index (χ1n) is 5.35. The third-order valence-electron chi connectivity index (χ3n) is 2.39. The lowest BCUT2D eigenvalue weighted by atomic mass is 10.1. The van der Waals surface area contributed by atoms with E-state index in [2.05, 4.69) is 0 Å². The Morgan fingerprint density at radius 2 is 1.94 bits per heavy atom. The fraction of sp³-hybridized carbons (Fsp3) is 0.462. The number of ketones is 1. The number of carbonyl (C=O) groups excluding carboxylic acids is 1. The fourth-order valence-corrected chi connectivity index (χ4v) is 1.71. The molecule has 0 saturated carbocycles. The number of carbonyl (C=O) groups is 1. The van der Waals surface area contributed by atoms with Crippen molar-refractivity contribution in [1.29, 1.82) is 0 Å². The topological polar surface area (TPSA) is 26.3 Å². The van der Waals surface area contributed by atoms with Crippen LogP contribution in [0.2, 0.25) is 0 Å². The summed E-state index contributed by atoms with van der Waals surface area (Å²) < 4.78 is 5.77. The quantitative estimate of drug-likeness (QED) is 0.739. The van der Waals surface area contributed by atoms with Crippen molar-refractivity contribution in [2.45, 2.75) is 33.3 Å². The van der Waals surface area contributed by atoms with Gasteiger partial charge in [-0.3, -0.25) is 4.79 Å². The Bertz CT molecular complexity index is 354. The summed E-state index contributed by atoms with van der Waals surface area (Å²) in [6.07, 6.45) is 0.225. The zero-order valence-corrected chi connectivity index (χ0v) is 10.7. The first kappa shape index (κ1) is 13.0. The third-order valence-corrected chi connectivity index (χ3v) is 2.69. The molecule has 16 heavy (non-hydrogen) atoms. The molecular formula is C13H17ClO2. The van der Waals surface area contributed by atoms with Gasteiger partial charge in [-0.25, -0.2) is 0 Å². The van der Waals surface area contributed by atoms with Crippen LogP contribution in [0.15, 0.2) is 18.2 Å². The van der Waals surface area contributed by atoms with Crippen molar-refractivity contribution in [3.05, 3.63) is 29.3 Å². The zero-order chi connectivity index (χ0) is 12.1. The van der Waals surface area contributed by atoms with E-state index >= 15 is 0 Å². The summed E-state index contributed by atoms with van der Waals surface area (Å²) in [4.78, 5) is 11.2. The maximum absolute atomic E-state index is 11.2. The lowest BCUT2D eigenvalue weighted by molar-refractivity contribution is -0.118. The average Bonchev–Trinajstić information content (AvgIpc) is 2.23. The summed E-state index contributed by atoms with van der Waals surface area (Å²) in [6.45, 7) is 5.88. The number of benzene rings is 1. The highest BCUT2D eigenvalue weighted by Crippen LogP contribution is 2.24. The van der Waals surface area contributed by atoms with Gasteiger partial charge in [-0.05, 0) is 31.9 Å². The standard InChI is InChI=1S/C13H17ClO2/c1-9-5-4-6-10(2)13(9)16-11(3)7-12(15)8-14/h4-6,11H,7-8H2,1-3H3. The Morgan fingerprint density at radius 3 is 2.44 bits per heavy atom. The van der Waals surface area contributed by atoms with Crippen LogP contribution in [-0.2, 0) is 4.79 Å². The number of alkyl halides is 1. The predicted molar refractivity (Wildman–Crippen MR) is 66.4 cm³/mol. The van der Waals surface area contributed by atoms with Gasteiger partial charge in [0.05, 0.1) is 5.88 Å². The highest BCUT2D eigenvalue weighted by molar-refractivity contribution is 6.27. The van der Waals surface area contributed by atoms with E-state index in [1.165, 1.54) is 0 Å². The molecule has 1 atom stereocenters. The van der Waals surface area contributed by atoms with Gasteiger partial charge in [0, 0.05) is 6.42 Å². The molecular weight excluding hydrogens is 224 g/mol. The van der Waals surface area contributed by atoms with E-state index in [1.807, 2.05) is 39.0 Å². The van der Waals surface area contributed by atoms with Gasteiger partial charge in [0.25, 0.3) is 0 Å². The van der Waals surface area contributed by atoms with E-state index in [4.69, 9.17) is 16.3 Å². The molecule has 0 spiro atoms. The number of ether oxygens (including phenoxy) is 1. The van der Waals surface area contributed by atoms with Crippen molar-refractivity contribution in [2.24, 2.45) is 0 Å². The highest BCUT2D eigenvalue weighted by atomic mass is 35.5. The molecule has 2 nitrogen and oxygen atoms in total. The molecule has 0 N–H and O–H groups in total. The molecule has 0 bridgehead atoms. The molecule has 0 aliphatic carbocycles. The van der Waals surface area contributed by atoms with Gasteiger partial charge in [-0.15, -0.1) is 11.6 Å². The van der Waals surface area contributed by atoms with Gasteiger partial charge in [0.1, 0.15) is 11.9 Å². The molecule has 1 aromatic rings. The third kappa shape index (κ3) is 3.53. The summed E-state index contributed by atoms with van der Waals surface area (Å²) in [7, 11) is 0. The second-order valence-electron chi connectivity index (χ2n) is 4.03. The van der Waals surface area contributed by atoms with E-state index in [9.17, 15) is 4.79 Å². The van der Waals surface area contributed by atoms with Gasteiger partial charge in [-0.2, -0.15) is 0 Å². The predicted octanol–water partition coefficient (Wildman–Crippen LogP) is 3.27. The van der Waals surface area contributed by atoms with Crippen molar-refractivity contribution < 1.29 is 9.53 Å². The summed E-state index contributed by atoms with van der Waals surface area (Å²) in [5, 5.41) is 0.